The lowest BCUT2D eigenvalue weighted by molar-refractivity contribution is 0.391. The van der Waals surface area contributed by atoms with Crippen LogP contribution in [-0.2, 0) is 5.75 Å². The number of hydrogen-bond donors (Lipinski definition) is 0. The van der Waals surface area contributed by atoms with Crippen molar-refractivity contribution in [3.05, 3.63) is 71.3 Å². The number of thioether (sulfide) groups is 1. The van der Waals surface area contributed by atoms with Crippen molar-refractivity contribution in [2.24, 2.45) is 0 Å². The topological polar surface area (TPSA) is 66.0 Å². The number of methoxy groups -OCH3 is 1. The molecule has 4 rings (SSSR count). The maximum absolute atomic E-state index is 5.39. The first kappa shape index (κ1) is 17.8. The third-order valence-corrected chi connectivity index (χ3v) is 5.31. The van der Waals surface area contributed by atoms with Gasteiger partial charge < -0.3 is 9.26 Å². The number of benzene rings is 2. The van der Waals surface area contributed by atoms with Crippen molar-refractivity contribution in [3.8, 4) is 22.8 Å². The Morgan fingerprint density at radius 3 is 2.85 bits per heavy atom. The molecule has 0 fully saturated rings. The van der Waals surface area contributed by atoms with E-state index in [1.807, 2.05) is 59.3 Å². The molecule has 27 heavy (non-hydrogen) atoms. The van der Waals surface area contributed by atoms with Gasteiger partial charge in [-0.3, -0.25) is 4.57 Å². The second-order valence-corrected chi connectivity index (χ2v) is 7.45. The van der Waals surface area contributed by atoms with Crippen LogP contribution in [0, 0.1) is 0 Å². The van der Waals surface area contributed by atoms with Crippen LogP contribution in [0.1, 0.15) is 5.89 Å². The molecule has 0 bridgehead atoms. The summed E-state index contributed by atoms with van der Waals surface area (Å²) in [6, 6.07) is 15.6. The van der Waals surface area contributed by atoms with E-state index in [1.165, 1.54) is 0 Å². The molecular formula is C19H15BrN4O2S. The van der Waals surface area contributed by atoms with E-state index in [1.54, 1.807) is 25.1 Å². The van der Waals surface area contributed by atoms with Crippen LogP contribution in [-0.4, -0.2) is 26.8 Å². The van der Waals surface area contributed by atoms with Crippen LogP contribution in [0.15, 0.2) is 75.1 Å². The predicted molar refractivity (Wildman–Crippen MR) is 107 cm³/mol. The highest BCUT2D eigenvalue weighted by atomic mass is 79.9. The van der Waals surface area contributed by atoms with Gasteiger partial charge in [0.25, 0.3) is 0 Å². The lowest BCUT2D eigenvalue weighted by Crippen LogP contribution is -1.95. The zero-order valence-corrected chi connectivity index (χ0v) is 16.8. The van der Waals surface area contributed by atoms with E-state index in [0.717, 1.165) is 26.6 Å². The Morgan fingerprint density at radius 1 is 1.19 bits per heavy atom. The SMILES string of the molecule is COc1cccc(-c2noc(CSc3nccn3-c3ccc(Br)cc3)n2)c1. The first-order valence-electron chi connectivity index (χ1n) is 8.12. The van der Waals surface area contributed by atoms with Gasteiger partial charge in [-0.1, -0.05) is 45.0 Å². The fraction of sp³-hybridized carbons (Fsp3) is 0.105. The van der Waals surface area contributed by atoms with Crippen molar-refractivity contribution < 1.29 is 9.26 Å². The summed E-state index contributed by atoms with van der Waals surface area (Å²) < 4.78 is 13.7. The minimum atomic E-state index is 0.532. The normalized spacial score (nSPS) is 10.9. The molecular weight excluding hydrogens is 428 g/mol. The Balaban J connectivity index is 1.48. The highest BCUT2D eigenvalue weighted by Gasteiger charge is 2.12. The Labute approximate surface area is 168 Å². The summed E-state index contributed by atoms with van der Waals surface area (Å²) in [4.78, 5) is 8.90. The molecule has 0 aliphatic heterocycles. The summed E-state index contributed by atoms with van der Waals surface area (Å²) >= 11 is 4.99. The molecule has 2 heterocycles. The van der Waals surface area contributed by atoms with Gasteiger partial charge in [0, 0.05) is 28.1 Å². The Kier molecular flexibility index (Phi) is 5.26. The minimum absolute atomic E-state index is 0.532. The van der Waals surface area contributed by atoms with Crippen molar-refractivity contribution in [3.63, 3.8) is 0 Å². The van der Waals surface area contributed by atoms with E-state index in [-0.39, 0.29) is 0 Å². The van der Waals surface area contributed by atoms with Crippen LogP contribution in [0.5, 0.6) is 5.75 Å². The van der Waals surface area contributed by atoms with Crippen molar-refractivity contribution in [1.29, 1.82) is 0 Å². The third-order valence-electron chi connectivity index (χ3n) is 3.83. The van der Waals surface area contributed by atoms with Crippen LogP contribution >= 0.6 is 27.7 Å². The number of nitrogens with zero attached hydrogens (tertiary/aromatic N) is 4. The van der Waals surface area contributed by atoms with E-state index in [4.69, 9.17) is 9.26 Å². The molecule has 0 saturated heterocycles. The zero-order chi connectivity index (χ0) is 18.6. The number of rotatable bonds is 6. The Hall–Kier alpha value is -2.58. The van der Waals surface area contributed by atoms with Gasteiger partial charge in [-0.25, -0.2) is 4.98 Å². The van der Waals surface area contributed by atoms with Gasteiger partial charge in [0.1, 0.15) is 5.75 Å². The quantitative estimate of drug-likeness (QED) is 0.392. The van der Waals surface area contributed by atoms with Crippen LogP contribution in [0.25, 0.3) is 17.1 Å². The second kappa shape index (κ2) is 7.98. The van der Waals surface area contributed by atoms with Crippen LogP contribution in [0.2, 0.25) is 0 Å². The molecule has 8 heteroatoms. The molecule has 0 radical (unpaired) electrons. The summed E-state index contributed by atoms with van der Waals surface area (Å²) in [6.45, 7) is 0. The van der Waals surface area contributed by atoms with Crippen molar-refractivity contribution in [1.82, 2.24) is 19.7 Å². The average molecular weight is 443 g/mol. The third kappa shape index (κ3) is 4.06. The first-order chi connectivity index (χ1) is 13.2. The molecule has 0 aliphatic carbocycles. The number of halogens is 1. The molecule has 0 amide bonds. The molecule has 2 aromatic carbocycles. The highest BCUT2D eigenvalue weighted by Crippen LogP contribution is 2.26. The lowest BCUT2D eigenvalue weighted by atomic mass is 10.2. The smallest absolute Gasteiger partial charge is 0.237 e. The zero-order valence-electron chi connectivity index (χ0n) is 14.4. The van der Waals surface area contributed by atoms with E-state index in [2.05, 4.69) is 31.1 Å². The van der Waals surface area contributed by atoms with Crippen molar-refractivity contribution in [2.45, 2.75) is 10.9 Å². The van der Waals surface area contributed by atoms with Gasteiger partial charge in [-0.05, 0) is 36.4 Å². The molecule has 0 atom stereocenters. The lowest BCUT2D eigenvalue weighted by Gasteiger charge is -2.06. The molecule has 2 aromatic heterocycles. The van der Waals surface area contributed by atoms with E-state index >= 15 is 0 Å². The van der Waals surface area contributed by atoms with Crippen LogP contribution in [0.3, 0.4) is 0 Å². The average Bonchev–Trinajstić information content (AvgIpc) is 3.36. The summed E-state index contributed by atoms with van der Waals surface area (Å²) in [5.41, 5.74) is 1.89. The van der Waals surface area contributed by atoms with Gasteiger partial charge in [-0.15, -0.1) is 0 Å². The number of aromatic nitrogens is 4. The fourth-order valence-corrected chi connectivity index (χ4v) is 3.59. The van der Waals surface area contributed by atoms with Gasteiger partial charge in [0.05, 0.1) is 12.9 Å². The molecule has 0 spiro atoms. The fourth-order valence-electron chi connectivity index (χ4n) is 2.51. The van der Waals surface area contributed by atoms with E-state index < -0.39 is 0 Å². The monoisotopic (exact) mass is 442 g/mol. The van der Waals surface area contributed by atoms with Crippen LogP contribution in [0.4, 0.5) is 0 Å². The Bertz CT molecular complexity index is 1050. The first-order valence-corrected chi connectivity index (χ1v) is 9.90. The van der Waals surface area contributed by atoms with Crippen molar-refractivity contribution >= 4 is 27.7 Å². The summed E-state index contributed by atoms with van der Waals surface area (Å²) in [7, 11) is 1.63. The van der Waals surface area contributed by atoms with Gasteiger partial charge in [0.15, 0.2) is 5.16 Å². The van der Waals surface area contributed by atoms with Crippen LogP contribution < -0.4 is 4.74 Å². The number of ether oxygens (including phenoxy) is 1. The standard InChI is InChI=1S/C19H15BrN4O2S/c1-25-16-4-2-3-13(11-16)18-22-17(26-23-18)12-27-19-21-9-10-24(19)15-7-5-14(20)6-8-15/h2-11H,12H2,1H3. The Morgan fingerprint density at radius 2 is 2.04 bits per heavy atom. The number of imidazole rings is 1. The molecule has 0 saturated carbocycles. The molecule has 0 N–H and O–H groups in total. The van der Waals surface area contributed by atoms with Crippen molar-refractivity contribution in [2.75, 3.05) is 7.11 Å². The second-order valence-electron chi connectivity index (χ2n) is 5.59. The summed E-state index contributed by atoms with van der Waals surface area (Å²) in [6.07, 6.45) is 3.71. The molecule has 0 aliphatic rings. The maximum atomic E-state index is 5.39. The van der Waals surface area contributed by atoms with E-state index in [9.17, 15) is 0 Å². The maximum Gasteiger partial charge on any atom is 0.237 e. The largest absolute Gasteiger partial charge is 0.497 e. The van der Waals surface area contributed by atoms with Gasteiger partial charge in [-0.2, -0.15) is 4.98 Å². The van der Waals surface area contributed by atoms with Gasteiger partial charge in [0.2, 0.25) is 11.7 Å². The summed E-state index contributed by atoms with van der Waals surface area (Å²) in [5, 5.41) is 4.92. The van der Waals surface area contributed by atoms with E-state index in [0.29, 0.717) is 17.5 Å². The predicted octanol–water partition coefficient (Wildman–Crippen LogP) is 4.99. The number of hydrogen-bond acceptors (Lipinski definition) is 6. The molecule has 4 aromatic rings. The highest BCUT2D eigenvalue weighted by molar-refractivity contribution is 9.10. The summed E-state index contributed by atoms with van der Waals surface area (Å²) in [5.74, 6) is 2.37. The molecule has 0 unspecified atom stereocenters. The minimum Gasteiger partial charge on any atom is -0.497 e. The molecule has 136 valence electrons. The molecule has 6 nitrogen and oxygen atoms in total. The van der Waals surface area contributed by atoms with Gasteiger partial charge >= 0.3 is 0 Å².